The van der Waals surface area contributed by atoms with E-state index in [1.165, 1.54) is 14.0 Å². The van der Waals surface area contributed by atoms with Crippen molar-refractivity contribution in [1.82, 2.24) is 20.2 Å². The molecule has 1 unspecified atom stereocenters. The van der Waals surface area contributed by atoms with E-state index in [9.17, 15) is 13.2 Å². The molecule has 19 heavy (non-hydrogen) atoms. The van der Waals surface area contributed by atoms with Crippen LogP contribution in [0.3, 0.4) is 0 Å². The second-order valence-corrected chi connectivity index (χ2v) is 5.46. The van der Waals surface area contributed by atoms with Crippen molar-refractivity contribution in [3.05, 3.63) is 6.20 Å². The van der Waals surface area contributed by atoms with Crippen LogP contribution < -0.4 is 15.8 Å². The molecule has 0 saturated carbocycles. The van der Waals surface area contributed by atoms with E-state index in [1.807, 2.05) is 0 Å². The van der Waals surface area contributed by atoms with Crippen LogP contribution in [0.5, 0.6) is 0 Å². The lowest BCUT2D eigenvalue weighted by Crippen LogP contribution is -2.45. The van der Waals surface area contributed by atoms with E-state index in [-0.39, 0.29) is 10.7 Å². The van der Waals surface area contributed by atoms with Crippen LogP contribution in [-0.2, 0) is 19.6 Å². The standard InChI is InChI=1S/C9H17N5O4S/c1-6(9(15)11-3-4-18-2)14-19(16,17)7-5-12-13-8(7)10/h5-6,14H,3-4H2,1-2H3,(H,11,15)(H3,10,12,13). The molecule has 0 saturated heterocycles. The van der Waals surface area contributed by atoms with Crippen molar-refractivity contribution in [3.8, 4) is 0 Å². The molecular formula is C9H17N5O4S. The first-order valence-electron chi connectivity index (χ1n) is 5.46. The molecule has 0 aromatic carbocycles. The molecule has 0 spiro atoms. The van der Waals surface area contributed by atoms with E-state index in [4.69, 9.17) is 10.5 Å². The van der Waals surface area contributed by atoms with Gasteiger partial charge in [0.05, 0.1) is 18.8 Å². The summed E-state index contributed by atoms with van der Waals surface area (Å²) in [4.78, 5) is 11.4. The van der Waals surface area contributed by atoms with Crippen LogP contribution >= 0.6 is 0 Å². The SMILES string of the molecule is COCCNC(=O)C(C)NS(=O)(=O)c1cn[nH]c1N. The van der Waals surface area contributed by atoms with Gasteiger partial charge in [-0.25, -0.2) is 8.42 Å². The van der Waals surface area contributed by atoms with Gasteiger partial charge in [-0.1, -0.05) is 0 Å². The van der Waals surface area contributed by atoms with Gasteiger partial charge in [0.25, 0.3) is 0 Å². The summed E-state index contributed by atoms with van der Waals surface area (Å²) >= 11 is 0. The number of aromatic nitrogens is 2. The van der Waals surface area contributed by atoms with Crippen LogP contribution in [0.4, 0.5) is 5.82 Å². The third-order valence-electron chi connectivity index (χ3n) is 2.25. The number of carbonyl (C=O) groups is 1. The fourth-order valence-electron chi connectivity index (χ4n) is 1.28. The lowest BCUT2D eigenvalue weighted by molar-refractivity contribution is -0.122. The topological polar surface area (TPSA) is 139 Å². The molecule has 1 aromatic rings. The highest BCUT2D eigenvalue weighted by molar-refractivity contribution is 7.89. The third kappa shape index (κ3) is 4.19. The minimum absolute atomic E-state index is 0.0838. The Labute approximate surface area is 110 Å². The van der Waals surface area contributed by atoms with Crippen LogP contribution in [0, 0.1) is 0 Å². The summed E-state index contributed by atoms with van der Waals surface area (Å²) < 4.78 is 30.8. The molecule has 1 heterocycles. The molecule has 0 bridgehead atoms. The first-order chi connectivity index (χ1) is 8.88. The molecule has 0 aliphatic rings. The number of ether oxygens (including phenoxy) is 1. The number of nitrogen functional groups attached to an aromatic ring is 1. The Morgan fingerprint density at radius 2 is 2.32 bits per heavy atom. The van der Waals surface area contributed by atoms with Gasteiger partial charge >= 0.3 is 0 Å². The minimum Gasteiger partial charge on any atom is -0.383 e. The van der Waals surface area contributed by atoms with Crippen LogP contribution in [-0.4, -0.2) is 50.8 Å². The Bertz CT molecular complexity index is 526. The summed E-state index contributed by atoms with van der Waals surface area (Å²) in [6.07, 6.45) is 1.08. The van der Waals surface area contributed by atoms with Crippen LogP contribution in [0.25, 0.3) is 0 Å². The predicted molar refractivity (Wildman–Crippen MR) is 67.7 cm³/mol. The van der Waals surface area contributed by atoms with Crippen molar-refractivity contribution < 1.29 is 17.9 Å². The molecule has 5 N–H and O–H groups in total. The van der Waals surface area contributed by atoms with Crippen molar-refractivity contribution in [1.29, 1.82) is 0 Å². The van der Waals surface area contributed by atoms with Gasteiger partial charge in [0.15, 0.2) is 0 Å². The average Bonchev–Trinajstić information content (AvgIpc) is 2.76. The number of aromatic amines is 1. The van der Waals surface area contributed by atoms with E-state index in [1.54, 1.807) is 0 Å². The maximum absolute atomic E-state index is 11.9. The molecule has 1 rings (SSSR count). The molecule has 108 valence electrons. The van der Waals surface area contributed by atoms with E-state index in [0.717, 1.165) is 6.20 Å². The second kappa shape index (κ2) is 6.50. The Morgan fingerprint density at radius 3 is 2.84 bits per heavy atom. The normalized spacial score (nSPS) is 13.2. The van der Waals surface area contributed by atoms with Gasteiger partial charge in [-0.15, -0.1) is 0 Å². The van der Waals surface area contributed by atoms with Gasteiger partial charge in [0.1, 0.15) is 10.7 Å². The first kappa shape index (κ1) is 15.4. The third-order valence-corrected chi connectivity index (χ3v) is 3.82. The highest BCUT2D eigenvalue weighted by atomic mass is 32.2. The van der Waals surface area contributed by atoms with Crippen LogP contribution in [0.2, 0.25) is 0 Å². The number of rotatable bonds is 7. The Kier molecular flexibility index (Phi) is 5.27. The number of amides is 1. The fourth-order valence-corrected chi connectivity index (χ4v) is 2.50. The molecule has 0 fully saturated rings. The summed E-state index contributed by atoms with van der Waals surface area (Å²) in [7, 11) is -2.38. The number of hydrogen-bond acceptors (Lipinski definition) is 6. The second-order valence-electron chi connectivity index (χ2n) is 3.77. The molecule has 1 amide bonds. The van der Waals surface area contributed by atoms with Gasteiger partial charge in [0, 0.05) is 13.7 Å². The van der Waals surface area contributed by atoms with Crippen LogP contribution in [0.15, 0.2) is 11.1 Å². The number of hydrogen-bond donors (Lipinski definition) is 4. The summed E-state index contributed by atoms with van der Waals surface area (Å²) in [6.45, 7) is 2.07. The molecule has 0 aliphatic heterocycles. The van der Waals surface area contributed by atoms with E-state index in [0.29, 0.717) is 13.2 Å². The molecular weight excluding hydrogens is 274 g/mol. The lowest BCUT2D eigenvalue weighted by Gasteiger charge is -2.13. The predicted octanol–water partition coefficient (Wildman–Crippen LogP) is -1.58. The number of H-pyrrole nitrogens is 1. The van der Waals surface area contributed by atoms with Gasteiger partial charge in [-0.05, 0) is 6.92 Å². The Morgan fingerprint density at radius 1 is 1.63 bits per heavy atom. The zero-order chi connectivity index (χ0) is 14.5. The van der Waals surface area contributed by atoms with E-state index in [2.05, 4.69) is 20.2 Å². The van der Waals surface area contributed by atoms with E-state index < -0.39 is 22.0 Å². The van der Waals surface area contributed by atoms with Crippen LogP contribution in [0.1, 0.15) is 6.92 Å². The smallest absolute Gasteiger partial charge is 0.246 e. The monoisotopic (exact) mass is 291 g/mol. The number of nitrogens with one attached hydrogen (secondary N) is 3. The molecule has 9 nitrogen and oxygen atoms in total. The zero-order valence-corrected chi connectivity index (χ0v) is 11.5. The maximum atomic E-state index is 11.9. The first-order valence-corrected chi connectivity index (χ1v) is 6.94. The Balaban J connectivity index is 2.63. The van der Waals surface area contributed by atoms with Gasteiger partial charge in [0.2, 0.25) is 15.9 Å². The zero-order valence-electron chi connectivity index (χ0n) is 10.6. The number of sulfonamides is 1. The highest BCUT2D eigenvalue weighted by Gasteiger charge is 2.24. The largest absolute Gasteiger partial charge is 0.383 e. The Hall–Kier alpha value is -1.65. The van der Waals surface area contributed by atoms with Crippen molar-refractivity contribution in [2.45, 2.75) is 17.9 Å². The highest BCUT2D eigenvalue weighted by Crippen LogP contribution is 2.13. The maximum Gasteiger partial charge on any atom is 0.246 e. The van der Waals surface area contributed by atoms with Gasteiger partial charge in [-0.3, -0.25) is 9.89 Å². The van der Waals surface area contributed by atoms with Crippen molar-refractivity contribution in [3.63, 3.8) is 0 Å². The van der Waals surface area contributed by atoms with E-state index >= 15 is 0 Å². The van der Waals surface area contributed by atoms with Gasteiger partial charge < -0.3 is 15.8 Å². The number of carbonyl (C=O) groups excluding carboxylic acids is 1. The molecule has 10 heteroatoms. The molecule has 0 aliphatic carbocycles. The van der Waals surface area contributed by atoms with Gasteiger partial charge in [-0.2, -0.15) is 9.82 Å². The molecule has 1 atom stereocenters. The minimum atomic E-state index is -3.88. The summed E-state index contributed by atoms with van der Waals surface area (Å²) in [5, 5.41) is 8.35. The quantitative estimate of drug-likeness (QED) is 0.447. The molecule has 0 radical (unpaired) electrons. The summed E-state index contributed by atoms with van der Waals surface area (Å²) in [6, 6.07) is -0.934. The fraction of sp³-hybridized carbons (Fsp3) is 0.556. The number of nitrogens with two attached hydrogens (primary N) is 1. The van der Waals surface area contributed by atoms with Crippen molar-refractivity contribution in [2.75, 3.05) is 26.0 Å². The van der Waals surface area contributed by atoms with Crippen molar-refractivity contribution in [2.24, 2.45) is 0 Å². The molecule has 1 aromatic heterocycles. The lowest BCUT2D eigenvalue weighted by atomic mass is 10.3. The summed E-state index contributed by atoms with van der Waals surface area (Å²) in [5.74, 6) is -0.540. The summed E-state index contributed by atoms with van der Waals surface area (Å²) in [5.41, 5.74) is 5.42. The number of nitrogens with zero attached hydrogens (tertiary/aromatic N) is 1. The average molecular weight is 291 g/mol. The number of anilines is 1. The van der Waals surface area contributed by atoms with Crippen molar-refractivity contribution >= 4 is 21.7 Å². The number of methoxy groups -OCH3 is 1.